The van der Waals surface area contributed by atoms with Gasteiger partial charge in [0.15, 0.2) is 5.13 Å². The molecule has 0 atom stereocenters. The maximum Gasteiger partial charge on any atom is 0.225 e. The lowest BCUT2D eigenvalue weighted by molar-refractivity contribution is -0.138. The lowest BCUT2D eigenvalue weighted by Gasteiger charge is -2.38. The van der Waals surface area contributed by atoms with Crippen molar-refractivity contribution in [3.8, 4) is 0 Å². The number of fused-ring (bicyclic) bond motifs is 1. The highest BCUT2D eigenvalue weighted by Crippen LogP contribution is 2.32. The number of nitrogens with zero attached hydrogens (tertiary/aromatic N) is 4. The van der Waals surface area contributed by atoms with Gasteiger partial charge in [-0.2, -0.15) is 0 Å². The van der Waals surface area contributed by atoms with Crippen molar-refractivity contribution < 1.29 is 4.79 Å². The molecule has 6 heteroatoms. The molecule has 5 rings (SSSR count). The minimum absolute atomic E-state index is 0.161. The van der Waals surface area contributed by atoms with Crippen LogP contribution in [0.5, 0.6) is 0 Å². The summed E-state index contributed by atoms with van der Waals surface area (Å²) in [5.41, 5.74) is 3.70. The Hall–Kier alpha value is -2.44. The second kappa shape index (κ2) is 8.97. The summed E-state index contributed by atoms with van der Waals surface area (Å²) in [6, 6.07) is 17.0. The van der Waals surface area contributed by atoms with Gasteiger partial charge in [-0.1, -0.05) is 47.7 Å². The van der Waals surface area contributed by atoms with Crippen LogP contribution in [0.2, 0.25) is 0 Å². The molecule has 2 aromatic carbocycles. The summed E-state index contributed by atoms with van der Waals surface area (Å²) in [5.74, 6) is 0.521. The number of carbonyl (C=O) groups excluding carboxylic acids is 1. The van der Waals surface area contributed by atoms with Gasteiger partial charge in [0.1, 0.15) is 0 Å². The van der Waals surface area contributed by atoms with Crippen LogP contribution < -0.4 is 4.90 Å². The van der Waals surface area contributed by atoms with E-state index in [1.54, 1.807) is 11.3 Å². The van der Waals surface area contributed by atoms with Gasteiger partial charge in [-0.15, -0.1) is 0 Å². The van der Waals surface area contributed by atoms with Crippen LogP contribution in [0.3, 0.4) is 0 Å². The number of carbonyl (C=O) groups is 1. The highest BCUT2D eigenvalue weighted by atomic mass is 32.1. The summed E-state index contributed by atoms with van der Waals surface area (Å²) < 4.78 is 1.25. The lowest BCUT2D eigenvalue weighted by atomic mass is 9.95. The number of aryl methyl sites for hydroxylation is 1. The maximum absolute atomic E-state index is 13.1. The van der Waals surface area contributed by atoms with Crippen molar-refractivity contribution >= 4 is 32.6 Å². The van der Waals surface area contributed by atoms with Crippen molar-refractivity contribution in [3.05, 3.63) is 59.7 Å². The smallest absolute Gasteiger partial charge is 0.225 e. The van der Waals surface area contributed by atoms with Crippen LogP contribution in [0.1, 0.15) is 24.0 Å². The van der Waals surface area contributed by atoms with Crippen LogP contribution in [0, 0.1) is 12.8 Å². The van der Waals surface area contributed by atoms with Gasteiger partial charge in [0.05, 0.1) is 10.2 Å². The summed E-state index contributed by atoms with van der Waals surface area (Å²) in [6.07, 6.45) is 1.86. The molecule has 0 unspecified atom stereocenters. The first-order valence-electron chi connectivity index (χ1n) is 11.3. The Kier molecular flexibility index (Phi) is 5.92. The largest absolute Gasteiger partial charge is 0.348 e. The van der Waals surface area contributed by atoms with Gasteiger partial charge in [-0.25, -0.2) is 4.98 Å². The Morgan fingerprint density at radius 1 is 1.00 bits per heavy atom. The Balaban J connectivity index is 1.12. The fourth-order valence-corrected chi connectivity index (χ4v) is 5.81. The molecular weight excluding hydrogens is 404 g/mol. The van der Waals surface area contributed by atoms with Crippen molar-refractivity contribution in [3.63, 3.8) is 0 Å². The average Bonchev–Trinajstić information content (AvgIpc) is 3.23. The Morgan fingerprint density at radius 2 is 1.74 bits per heavy atom. The standard InChI is InChI=1S/C25H30N4OS/c1-19-7-8-22-23(17-19)31-25(26-22)29-11-9-21(10-12-29)24(30)28-15-13-27(14-16-28)18-20-5-3-2-4-6-20/h2-8,17,21H,9-16,18H2,1H3. The van der Waals surface area contributed by atoms with Gasteiger partial charge in [0.25, 0.3) is 0 Å². The number of hydrogen-bond acceptors (Lipinski definition) is 5. The number of piperazine rings is 1. The van der Waals surface area contributed by atoms with Gasteiger partial charge in [0, 0.05) is 51.7 Å². The number of aromatic nitrogens is 1. The molecule has 3 heterocycles. The number of piperidine rings is 1. The fourth-order valence-electron chi connectivity index (χ4n) is 4.70. The van der Waals surface area contributed by atoms with E-state index in [9.17, 15) is 4.79 Å². The number of benzene rings is 2. The second-order valence-electron chi connectivity index (χ2n) is 8.82. The second-order valence-corrected chi connectivity index (χ2v) is 9.83. The fraction of sp³-hybridized carbons (Fsp3) is 0.440. The molecule has 1 aromatic heterocycles. The van der Waals surface area contributed by atoms with E-state index in [4.69, 9.17) is 4.98 Å². The summed E-state index contributed by atoms with van der Waals surface area (Å²) >= 11 is 1.77. The van der Waals surface area contributed by atoms with E-state index in [2.05, 4.69) is 70.2 Å². The first kappa shape index (κ1) is 20.5. The van der Waals surface area contributed by atoms with Gasteiger partial charge in [-0.3, -0.25) is 9.69 Å². The predicted octanol–water partition coefficient (Wildman–Crippen LogP) is 4.17. The average molecular weight is 435 g/mol. The molecular formula is C25H30N4OS. The van der Waals surface area contributed by atoms with Gasteiger partial charge >= 0.3 is 0 Å². The van der Waals surface area contributed by atoms with Crippen LogP contribution >= 0.6 is 11.3 Å². The maximum atomic E-state index is 13.1. The van der Waals surface area contributed by atoms with Crippen LogP contribution in [0.15, 0.2) is 48.5 Å². The minimum atomic E-state index is 0.161. The molecule has 0 saturated carbocycles. The van der Waals surface area contributed by atoms with E-state index < -0.39 is 0 Å². The Bertz CT molecular complexity index is 1030. The molecule has 0 bridgehead atoms. The van der Waals surface area contributed by atoms with Crippen molar-refractivity contribution in [1.82, 2.24) is 14.8 Å². The van der Waals surface area contributed by atoms with E-state index in [-0.39, 0.29) is 5.92 Å². The number of anilines is 1. The molecule has 0 N–H and O–H groups in total. The zero-order valence-electron chi connectivity index (χ0n) is 18.2. The highest BCUT2D eigenvalue weighted by molar-refractivity contribution is 7.22. The van der Waals surface area contributed by atoms with Gasteiger partial charge in [0.2, 0.25) is 5.91 Å². The van der Waals surface area contributed by atoms with Gasteiger partial charge in [-0.05, 0) is 43.0 Å². The quantitative estimate of drug-likeness (QED) is 0.618. The molecule has 2 aliphatic heterocycles. The Morgan fingerprint density at radius 3 is 2.48 bits per heavy atom. The third-order valence-corrected chi connectivity index (χ3v) is 7.66. The van der Waals surface area contributed by atoms with Crippen LogP contribution in [-0.2, 0) is 11.3 Å². The first-order valence-corrected chi connectivity index (χ1v) is 12.1. The molecule has 1 amide bonds. The third kappa shape index (κ3) is 4.60. The summed E-state index contributed by atoms with van der Waals surface area (Å²) in [4.78, 5) is 24.9. The third-order valence-electron chi connectivity index (χ3n) is 6.58. The molecule has 162 valence electrons. The van der Waals surface area contributed by atoms with Crippen LogP contribution in [-0.4, -0.2) is 60.0 Å². The molecule has 5 nitrogen and oxygen atoms in total. The molecule has 2 fully saturated rings. The summed E-state index contributed by atoms with van der Waals surface area (Å²) in [6.45, 7) is 8.56. The van der Waals surface area contributed by atoms with Crippen LogP contribution in [0.4, 0.5) is 5.13 Å². The van der Waals surface area contributed by atoms with E-state index in [1.807, 2.05) is 0 Å². The van der Waals surface area contributed by atoms with E-state index >= 15 is 0 Å². The lowest BCUT2D eigenvalue weighted by Crippen LogP contribution is -2.51. The molecule has 3 aromatic rings. The zero-order valence-corrected chi connectivity index (χ0v) is 19.0. The van der Waals surface area contributed by atoms with E-state index in [0.29, 0.717) is 5.91 Å². The molecule has 31 heavy (non-hydrogen) atoms. The van der Waals surface area contributed by atoms with E-state index in [0.717, 1.165) is 69.3 Å². The van der Waals surface area contributed by atoms with Crippen molar-refractivity contribution in [2.45, 2.75) is 26.3 Å². The molecule has 2 saturated heterocycles. The van der Waals surface area contributed by atoms with Crippen molar-refractivity contribution in [1.29, 1.82) is 0 Å². The van der Waals surface area contributed by atoms with E-state index in [1.165, 1.54) is 15.8 Å². The SMILES string of the molecule is Cc1ccc2nc(N3CCC(C(=O)N4CCN(Cc5ccccc5)CC4)CC3)sc2c1. The summed E-state index contributed by atoms with van der Waals surface area (Å²) in [7, 11) is 0. The number of amides is 1. The van der Waals surface area contributed by atoms with Crippen LogP contribution in [0.25, 0.3) is 10.2 Å². The number of thiazole rings is 1. The van der Waals surface area contributed by atoms with Crippen molar-refractivity contribution in [2.75, 3.05) is 44.2 Å². The number of rotatable bonds is 4. The predicted molar refractivity (Wildman–Crippen MR) is 128 cm³/mol. The summed E-state index contributed by atoms with van der Waals surface area (Å²) in [5, 5.41) is 1.10. The molecule has 0 spiro atoms. The van der Waals surface area contributed by atoms with Crippen molar-refractivity contribution in [2.24, 2.45) is 5.92 Å². The van der Waals surface area contributed by atoms with Gasteiger partial charge < -0.3 is 9.80 Å². The molecule has 0 radical (unpaired) electrons. The Labute approximate surface area is 188 Å². The molecule has 0 aliphatic carbocycles. The highest BCUT2D eigenvalue weighted by Gasteiger charge is 2.31. The number of hydrogen-bond donors (Lipinski definition) is 0. The normalized spacial score (nSPS) is 18.6. The zero-order chi connectivity index (χ0) is 21.2. The monoisotopic (exact) mass is 434 g/mol. The first-order chi connectivity index (χ1) is 15.2. The topological polar surface area (TPSA) is 39.7 Å². The minimum Gasteiger partial charge on any atom is -0.348 e. The molecule has 2 aliphatic rings.